The molecule has 0 spiro atoms. The molecular formula is C14H16FNO2. The Balaban J connectivity index is 2.01. The van der Waals surface area contributed by atoms with Gasteiger partial charge < -0.3 is 9.64 Å². The van der Waals surface area contributed by atoms with Crippen molar-refractivity contribution in [1.29, 1.82) is 0 Å². The number of halogens is 1. The smallest absolute Gasteiger partial charge is 0.254 e. The van der Waals surface area contributed by atoms with Crippen molar-refractivity contribution in [2.45, 2.75) is 6.42 Å². The summed E-state index contributed by atoms with van der Waals surface area (Å²) >= 11 is 0. The number of benzene rings is 1. The van der Waals surface area contributed by atoms with E-state index >= 15 is 0 Å². The van der Waals surface area contributed by atoms with Gasteiger partial charge in [-0.25, -0.2) is 4.39 Å². The lowest BCUT2D eigenvalue weighted by atomic mass is 10.1. The van der Waals surface area contributed by atoms with E-state index in [2.05, 4.69) is 0 Å². The first-order valence-electron chi connectivity index (χ1n) is 5.92. The van der Waals surface area contributed by atoms with Gasteiger partial charge in [-0.3, -0.25) is 4.79 Å². The predicted octanol–water partition coefficient (Wildman–Crippen LogP) is 2.24. The van der Waals surface area contributed by atoms with E-state index in [1.807, 2.05) is 6.08 Å². The van der Waals surface area contributed by atoms with Crippen LogP contribution in [0.15, 0.2) is 35.9 Å². The minimum absolute atomic E-state index is 0.0530. The number of carbonyl (C=O) groups is 1. The van der Waals surface area contributed by atoms with Crippen LogP contribution in [0.4, 0.5) is 4.39 Å². The highest BCUT2D eigenvalue weighted by molar-refractivity contribution is 5.94. The lowest BCUT2D eigenvalue weighted by molar-refractivity contribution is 0.0765. The molecule has 1 aromatic carbocycles. The standard InChI is InChI=1S/C14H16FNO2/c1-18-10-11-6-8-16(9-7-11)14(17)12-2-4-13(15)5-3-12/h2-6H,7-10H2,1H3. The zero-order valence-corrected chi connectivity index (χ0v) is 10.4. The Bertz CT molecular complexity index is 453. The lowest BCUT2D eigenvalue weighted by Gasteiger charge is -2.26. The number of methoxy groups -OCH3 is 1. The molecule has 1 aliphatic rings. The maximum absolute atomic E-state index is 12.8. The molecule has 0 saturated heterocycles. The van der Waals surface area contributed by atoms with E-state index in [4.69, 9.17) is 4.74 Å². The zero-order chi connectivity index (χ0) is 13.0. The van der Waals surface area contributed by atoms with E-state index in [0.717, 1.165) is 6.42 Å². The molecule has 1 aliphatic heterocycles. The summed E-state index contributed by atoms with van der Waals surface area (Å²) in [5.74, 6) is -0.379. The van der Waals surface area contributed by atoms with Gasteiger partial charge in [0.05, 0.1) is 6.61 Å². The van der Waals surface area contributed by atoms with Crippen LogP contribution in [0, 0.1) is 5.82 Å². The summed E-state index contributed by atoms with van der Waals surface area (Å²) in [6.45, 7) is 1.90. The van der Waals surface area contributed by atoms with Crippen LogP contribution >= 0.6 is 0 Å². The predicted molar refractivity (Wildman–Crippen MR) is 66.9 cm³/mol. The number of nitrogens with zero attached hydrogens (tertiary/aromatic N) is 1. The van der Waals surface area contributed by atoms with Gasteiger partial charge >= 0.3 is 0 Å². The molecule has 0 fully saturated rings. The van der Waals surface area contributed by atoms with Crippen molar-refractivity contribution >= 4 is 5.91 Å². The van der Waals surface area contributed by atoms with Crippen LogP contribution in [-0.2, 0) is 4.74 Å². The van der Waals surface area contributed by atoms with Crippen LogP contribution in [0.2, 0.25) is 0 Å². The highest BCUT2D eigenvalue weighted by Gasteiger charge is 2.18. The number of amides is 1. The van der Waals surface area contributed by atoms with Gasteiger partial charge in [-0.1, -0.05) is 6.08 Å². The molecular weight excluding hydrogens is 233 g/mol. The highest BCUT2D eigenvalue weighted by atomic mass is 19.1. The van der Waals surface area contributed by atoms with Gasteiger partial charge in [0.15, 0.2) is 0 Å². The third-order valence-corrected chi connectivity index (χ3v) is 3.01. The molecule has 3 nitrogen and oxygen atoms in total. The van der Waals surface area contributed by atoms with Crippen molar-refractivity contribution in [3.8, 4) is 0 Å². The third kappa shape index (κ3) is 2.96. The van der Waals surface area contributed by atoms with Crippen molar-refractivity contribution in [3.05, 3.63) is 47.3 Å². The van der Waals surface area contributed by atoms with Gasteiger partial charge in [0.1, 0.15) is 5.82 Å². The first-order valence-corrected chi connectivity index (χ1v) is 5.92. The summed E-state index contributed by atoms with van der Waals surface area (Å²) in [6.07, 6.45) is 2.86. The zero-order valence-electron chi connectivity index (χ0n) is 10.4. The lowest BCUT2D eigenvalue weighted by Crippen LogP contribution is -2.35. The summed E-state index contributed by atoms with van der Waals surface area (Å²) < 4.78 is 17.8. The molecule has 96 valence electrons. The highest BCUT2D eigenvalue weighted by Crippen LogP contribution is 2.14. The van der Waals surface area contributed by atoms with Crippen molar-refractivity contribution < 1.29 is 13.9 Å². The summed E-state index contributed by atoms with van der Waals surface area (Å²) in [6, 6.07) is 5.66. The molecule has 2 rings (SSSR count). The van der Waals surface area contributed by atoms with Crippen LogP contribution in [0.3, 0.4) is 0 Å². The number of hydrogen-bond donors (Lipinski definition) is 0. The minimum Gasteiger partial charge on any atom is -0.380 e. The van der Waals surface area contributed by atoms with Crippen LogP contribution in [0.1, 0.15) is 16.8 Å². The monoisotopic (exact) mass is 249 g/mol. The fraction of sp³-hybridized carbons (Fsp3) is 0.357. The quantitative estimate of drug-likeness (QED) is 0.769. The van der Waals surface area contributed by atoms with Crippen molar-refractivity contribution in [2.75, 3.05) is 26.8 Å². The van der Waals surface area contributed by atoms with Crippen molar-refractivity contribution in [1.82, 2.24) is 4.90 Å². The first kappa shape index (κ1) is 12.8. The largest absolute Gasteiger partial charge is 0.380 e. The van der Waals surface area contributed by atoms with E-state index in [0.29, 0.717) is 25.3 Å². The Morgan fingerprint density at radius 1 is 1.39 bits per heavy atom. The van der Waals surface area contributed by atoms with E-state index in [-0.39, 0.29) is 11.7 Å². The number of hydrogen-bond acceptors (Lipinski definition) is 2. The fourth-order valence-corrected chi connectivity index (χ4v) is 1.99. The summed E-state index contributed by atoms with van der Waals surface area (Å²) in [7, 11) is 1.66. The molecule has 0 aromatic heterocycles. The summed E-state index contributed by atoms with van der Waals surface area (Å²) in [5.41, 5.74) is 1.75. The molecule has 1 heterocycles. The maximum Gasteiger partial charge on any atom is 0.254 e. The number of rotatable bonds is 3. The Labute approximate surface area is 106 Å². The molecule has 0 atom stereocenters. The van der Waals surface area contributed by atoms with E-state index in [1.54, 1.807) is 12.0 Å². The normalized spacial score (nSPS) is 15.4. The van der Waals surface area contributed by atoms with Crippen molar-refractivity contribution in [2.24, 2.45) is 0 Å². The maximum atomic E-state index is 12.8. The number of carbonyl (C=O) groups excluding carboxylic acids is 1. The minimum atomic E-state index is -0.326. The first-order chi connectivity index (χ1) is 8.70. The van der Waals surface area contributed by atoms with Gasteiger partial charge in [0, 0.05) is 25.8 Å². The topological polar surface area (TPSA) is 29.5 Å². The van der Waals surface area contributed by atoms with E-state index in [1.165, 1.54) is 29.8 Å². The van der Waals surface area contributed by atoms with E-state index in [9.17, 15) is 9.18 Å². The molecule has 18 heavy (non-hydrogen) atoms. The second kappa shape index (κ2) is 5.78. The van der Waals surface area contributed by atoms with Crippen LogP contribution in [0.5, 0.6) is 0 Å². The summed E-state index contributed by atoms with van der Waals surface area (Å²) in [5, 5.41) is 0. The fourth-order valence-electron chi connectivity index (χ4n) is 1.99. The number of ether oxygens (including phenoxy) is 1. The van der Waals surface area contributed by atoms with Gasteiger partial charge in [0.25, 0.3) is 5.91 Å². The average molecular weight is 249 g/mol. The molecule has 0 unspecified atom stereocenters. The van der Waals surface area contributed by atoms with Crippen molar-refractivity contribution in [3.63, 3.8) is 0 Å². The third-order valence-electron chi connectivity index (χ3n) is 3.01. The van der Waals surface area contributed by atoms with Gasteiger partial charge in [-0.15, -0.1) is 0 Å². The Hall–Kier alpha value is -1.68. The van der Waals surface area contributed by atoms with Gasteiger partial charge in [0.2, 0.25) is 0 Å². The van der Waals surface area contributed by atoms with Crippen LogP contribution in [0.25, 0.3) is 0 Å². The SMILES string of the molecule is COCC1=CCN(C(=O)c2ccc(F)cc2)CC1. The molecule has 4 heteroatoms. The Morgan fingerprint density at radius 2 is 2.11 bits per heavy atom. The average Bonchev–Trinajstić information content (AvgIpc) is 2.40. The Kier molecular flexibility index (Phi) is 4.10. The second-order valence-electron chi connectivity index (χ2n) is 4.30. The summed E-state index contributed by atoms with van der Waals surface area (Å²) in [4.78, 5) is 13.9. The molecule has 1 amide bonds. The van der Waals surface area contributed by atoms with Crippen LogP contribution < -0.4 is 0 Å². The Morgan fingerprint density at radius 3 is 2.67 bits per heavy atom. The van der Waals surface area contributed by atoms with Gasteiger partial charge in [-0.2, -0.15) is 0 Å². The van der Waals surface area contributed by atoms with Crippen LogP contribution in [-0.4, -0.2) is 37.6 Å². The van der Waals surface area contributed by atoms with E-state index < -0.39 is 0 Å². The molecule has 0 aliphatic carbocycles. The van der Waals surface area contributed by atoms with Gasteiger partial charge in [-0.05, 0) is 36.3 Å². The molecule has 0 radical (unpaired) electrons. The second-order valence-corrected chi connectivity index (χ2v) is 4.30. The molecule has 0 saturated carbocycles. The molecule has 0 N–H and O–H groups in total. The molecule has 1 aromatic rings. The molecule has 0 bridgehead atoms.